The lowest BCUT2D eigenvalue weighted by Gasteiger charge is -2.24. The summed E-state index contributed by atoms with van der Waals surface area (Å²) in [4.78, 5) is 6.64. The molecule has 1 fully saturated rings. The molecule has 1 aromatic heterocycles. The summed E-state index contributed by atoms with van der Waals surface area (Å²) in [5.74, 6) is 0.882. The number of halogens is 1. The van der Waals surface area contributed by atoms with Gasteiger partial charge in [-0.3, -0.25) is 0 Å². The molecule has 2 N–H and O–H groups in total. The highest BCUT2D eigenvalue weighted by Crippen LogP contribution is 2.33. The van der Waals surface area contributed by atoms with Crippen LogP contribution in [0.2, 0.25) is 5.02 Å². The van der Waals surface area contributed by atoms with Crippen LogP contribution in [0.5, 0.6) is 0 Å². The SMILES string of the molecule is CC1(C)CCCN(c2ncc(Cl)cc2N)CC1. The van der Waals surface area contributed by atoms with E-state index < -0.39 is 0 Å². The predicted octanol–water partition coefficient (Wildman–Crippen LogP) is 3.33. The summed E-state index contributed by atoms with van der Waals surface area (Å²) in [6.45, 7) is 6.71. The number of rotatable bonds is 1. The summed E-state index contributed by atoms with van der Waals surface area (Å²) in [6.07, 6.45) is 5.30. The van der Waals surface area contributed by atoms with E-state index in [1.165, 1.54) is 19.3 Å². The van der Waals surface area contributed by atoms with Gasteiger partial charge in [0.15, 0.2) is 5.82 Å². The molecule has 0 unspecified atom stereocenters. The minimum absolute atomic E-state index is 0.427. The van der Waals surface area contributed by atoms with Crippen molar-refractivity contribution in [3.05, 3.63) is 17.3 Å². The summed E-state index contributed by atoms with van der Waals surface area (Å²) in [6, 6.07) is 1.78. The van der Waals surface area contributed by atoms with Crippen LogP contribution >= 0.6 is 11.6 Å². The van der Waals surface area contributed by atoms with Gasteiger partial charge in [0.1, 0.15) is 0 Å². The molecule has 1 aliphatic heterocycles. The second-order valence-electron chi connectivity index (χ2n) is 5.57. The van der Waals surface area contributed by atoms with Gasteiger partial charge in [-0.2, -0.15) is 0 Å². The van der Waals surface area contributed by atoms with Gasteiger partial charge in [-0.25, -0.2) is 4.98 Å². The Kier molecular flexibility index (Phi) is 3.48. The zero-order valence-corrected chi connectivity index (χ0v) is 11.3. The molecule has 0 spiro atoms. The van der Waals surface area contributed by atoms with E-state index in [1.807, 2.05) is 0 Å². The molecule has 17 heavy (non-hydrogen) atoms. The number of hydrogen-bond acceptors (Lipinski definition) is 3. The molecule has 3 nitrogen and oxygen atoms in total. The normalized spacial score (nSPS) is 20.1. The van der Waals surface area contributed by atoms with Crippen molar-refractivity contribution in [1.82, 2.24) is 4.98 Å². The van der Waals surface area contributed by atoms with Crippen LogP contribution in [0.15, 0.2) is 12.3 Å². The maximum Gasteiger partial charge on any atom is 0.151 e. The smallest absolute Gasteiger partial charge is 0.151 e. The number of aromatic nitrogens is 1. The van der Waals surface area contributed by atoms with Crippen LogP contribution in [-0.2, 0) is 0 Å². The Hall–Kier alpha value is -0.960. The van der Waals surface area contributed by atoms with Crippen molar-refractivity contribution >= 4 is 23.1 Å². The van der Waals surface area contributed by atoms with Crippen molar-refractivity contribution in [2.24, 2.45) is 5.41 Å². The number of hydrogen-bond donors (Lipinski definition) is 1. The molecule has 1 aromatic rings. The highest BCUT2D eigenvalue weighted by molar-refractivity contribution is 6.30. The Balaban J connectivity index is 2.17. The third kappa shape index (κ3) is 3.03. The molecule has 0 atom stereocenters. The Morgan fingerprint density at radius 1 is 1.35 bits per heavy atom. The average Bonchev–Trinajstić information content (AvgIpc) is 2.40. The standard InChI is InChI=1S/C13H20ClN3/c1-13(2)4-3-6-17(7-5-13)12-11(15)8-10(14)9-16-12/h8-9H,3-7,15H2,1-2H3. The van der Waals surface area contributed by atoms with Gasteiger partial charge in [-0.1, -0.05) is 25.4 Å². The van der Waals surface area contributed by atoms with E-state index in [4.69, 9.17) is 17.3 Å². The van der Waals surface area contributed by atoms with Crippen LogP contribution < -0.4 is 10.6 Å². The van der Waals surface area contributed by atoms with Crippen molar-refractivity contribution in [2.75, 3.05) is 23.7 Å². The fraction of sp³-hybridized carbons (Fsp3) is 0.615. The number of nitrogens with zero attached hydrogens (tertiary/aromatic N) is 2. The molecule has 94 valence electrons. The van der Waals surface area contributed by atoms with Gasteiger partial charge in [0.05, 0.1) is 10.7 Å². The Bertz CT molecular complexity index is 404. The van der Waals surface area contributed by atoms with Crippen LogP contribution in [0, 0.1) is 5.41 Å². The lowest BCUT2D eigenvalue weighted by Crippen LogP contribution is -2.26. The molecular weight excluding hydrogens is 234 g/mol. The molecule has 0 aliphatic carbocycles. The van der Waals surface area contributed by atoms with Crippen LogP contribution in [0.1, 0.15) is 33.1 Å². The number of pyridine rings is 1. The summed E-state index contributed by atoms with van der Waals surface area (Å²) >= 11 is 5.87. The Labute approximate surface area is 108 Å². The quantitative estimate of drug-likeness (QED) is 0.835. The van der Waals surface area contributed by atoms with Gasteiger partial charge in [0.25, 0.3) is 0 Å². The Morgan fingerprint density at radius 2 is 2.12 bits per heavy atom. The highest BCUT2D eigenvalue weighted by Gasteiger charge is 2.24. The molecule has 1 saturated heterocycles. The molecule has 4 heteroatoms. The largest absolute Gasteiger partial charge is 0.396 e. The zero-order valence-electron chi connectivity index (χ0n) is 10.5. The Morgan fingerprint density at radius 3 is 2.82 bits per heavy atom. The lowest BCUT2D eigenvalue weighted by molar-refractivity contribution is 0.325. The molecule has 0 aromatic carbocycles. The zero-order chi connectivity index (χ0) is 12.5. The van der Waals surface area contributed by atoms with E-state index in [2.05, 4.69) is 23.7 Å². The second kappa shape index (κ2) is 4.73. The lowest BCUT2D eigenvalue weighted by atomic mass is 9.85. The van der Waals surface area contributed by atoms with E-state index in [0.717, 1.165) is 18.9 Å². The second-order valence-corrected chi connectivity index (χ2v) is 6.01. The van der Waals surface area contributed by atoms with Crippen molar-refractivity contribution < 1.29 is 0 Å². The fourth-order valence-corrected chi connectivity index (χ4v) is 2.51. The number of nitrogens with two attached hydrogens (primary N) is 1. The van der Waals surface area contributed by atoms with Gasteiger partial charge in [0.2, 0.25) is 0 Å². The number of anilines is 2. The van der Waals surface area contributed by atoms with E-state index in [1.54, 1.807) is 12.3 Å². The summed E-state index contributed by atoms with van der Waals surface area (Å²) < 4.78 is 0. The van der Waals surface area contributed by atoms with E-state index in [9.17, 15) is 0 Å². The van der Waals surface area contributed by atoms with Gasteiger partial charge < -0.3 is 10.6 Å². The summed E-state index contributed by atoms with van der Waals surface area (Å²) in [5, 5.41) is 0.599. The molecule has 0 amide bonds. The molecule has 0 saturated carbocycles. The van der Waals surface area contributed by atoms with E-state index >= 15 is 0 Å². The summed E-state index contributed by atoms with van der Waals surface area (Å²) in [7, 11) is 0. The highest BCUT2D eigenvalue weighted by atomic mass is 35.5. The maximum atomic E-state index is 5.98. The predicted molar refractivity (Wildman–Crippen MR) is 73.5 cm³/mol. The van der Waals surface area contributed by atoms with Crippen molar-refractivity contribution in [3.8, 4) is 0 Å². The minimum atomic E-state index is 0.427. The van der Waals surface area contributed by atoms with Crippen LogP contribution in [0.3, 0.4) is 0 Å². The van der Waals surface area contributed by atoms with Crippen molar-refractivity contribution in [2.45, 2.75) is 33.1 Å². The molecular formula is C13H20ClN3. The molecule has 2 heterocycles. The first-order chi connectivity index (χ1) is 7.98. The monoisotopic (exact) mass is 253 g/mol. The molecule has 1 aliphatic rings. The van der Waals surface area contributed by atoms with Crippen molar-refractivity contribution in [1.29, 1.82) is 0 Å². The van der Waals surface area contributed by atoms with Crippen LogP contribution in [-0.4, -0.2) is 18.1 Å². The van der Waals surface area contributed by atoms with Crippen LogP contribution in [0.25, 0.3) is 0 Å². The number of nitrogen functional groups attached to an aromatic ring is 1. The van der Waals surface area contributed by atoms with E-state index in [-0.39, 0.29) is 0 Å². The molecule has 0 bridgehead atoms. The van der Waals surface area contributed by atoms with Crippen LogP contribution in [0.4, 0.5) is 11.5 Å². The van der Waals surface area contributed by atoms with Crippen molar-refractivity contribution in [3.63, 3.8) is 0 Å². The van der Waals surface area contributed by atoms with Gasteiger partial charge >= 0.3 is 0 Å². The first kappa shape index (κ1) is 12.5. The third-order valence-electron chi connectivity index (χ3n) is 3.50. The van der Waals surface area contributed by atoms with E-state index in [0.29, 0.717) is 16.1 Å². The van der Waals surface area contributed by atoms with Gasteiger partial charge in [0, 0.05) is 19.3 Å². The maximum absolute atomic E-state index is 5.98. The fourth-order valence-electron chi connectivity index (χ4n) is 2.35. The topological polar surface area (TPSA) is 42.2 Å². The first-order valence-corrected chi connectivity index (χ1v) is 6.52. The third-order valence-corrected chi connectivity index (χ3v) is 3.71. The minimum Gasteiger partial charge on any atom is -0.396 e. The molecule has 2 rings (SSSR count). The molecule has 0 radical (unpaired) electrons. The average molecular weight is 254 g/mol. The summed E-state index contributed by atoms with van der Waals surface area (Å²) in [5.41, 5.74) is 7.09. The first-order valence-electron chi connectivity index (χ1n) is 6.14. The van der Waals surface area contributed by atoms with Gasteiger partial charge in [-0.05, 0) is 30.7 Å². The van der Waals surface area contributed by atoms with Gasteiger partial charge in [-0.15, -0.1) is 0 Å².